The highest BCUT2D eigenvalue weighted by atomic mass is 19.4. The summed E-state index contributed by atoms with van der Waals surface area (Å²) in [4.78, 5) is 24.7. The molecule has 1 rings (SSSR count). The molecule has 13 heteroatoms. The number of nitro groups is 1. The number of ether oxygens (including phenoxy) is 1. The van der Waals surface area contributed by atoms with Crippen molar-refractivity contribution in [1.82, 2.24) is 4.98 Å². The molecule has 0 saturated heterocycles. The minimum absolute atomic E-state index is 0.136. The van der Waals surface area contributed by atoms with Gasteiger partial charge in [-0.05, 0) is 33.8 Å². The SMILES string of the molecule is CC(C)(C)OC(=O)C(C)(O)CNc1cc(C(F)(F)C(F)(F)F)ncc1[N+](=O)[O-]. The Morgan fingerprint density at radius 1 is 1.25 bits per heavy atom. The number of alkyl halides is 5. The van der Waals surface area contributed by atoms with Gasteiger partial charge in [0, 0.05) is 0 Å². The summed E-state index contributed by atoms with van der Waals surface area (Å²) in [6.45, 7) is 4.73. The van der Waals surface area contributed by atoms with Gasteiger partial charge in [-0.3, -0.25) is 10.1 Å². The minimum atomic E-state index is -5.98. The molecule has 8 nitrogen and oxygen atoms in total. The van der Waals surface area contributed by atoms with Crippen molar-refractivity contribution < 1.29 is 41.5 Å². The van der Waals surface area contributed by atoms with Crippen LogP contribution in [0.2, 0.25) is 0 Å². The summed E-state index contributed by atoms with van der Waals surface area (Å²) in [5.41, 5.74) is -6.75. The Balaban J connectivity index is 3.20. The van der Waals surface area contributed by atoms with Crippen LogP contribution in [0, 0.1) is 10.1 Å². The van der Waals surface area contributed by atoms with Crippen molar-refractivity contribution in [2.24, 2.45) is 0 Å². The summed E-state index contributed by atoms with van der Waals surface area (Å²) < 4.78 is 69.4. The largest absolute Gasteiger partial charge is 0.459 e. The molecule has 1 aromatic heterocycles. The van der Waals surface area contributed by atoms with E-state index in [1.165, 1.54) is 20.8 Å². The number of aliphatic hydroxyl groups is 1. The van der Waals surface area contributed by atoms with Crippen molar-refractivity contribution in [3.05, 3.63) is 28.1 Å². The topological polar surface area (TPSA) is 115 Å². The molecule has 28 heavy (non-hydrogen) atoms. The average molecular weight is 415 g/mol. The first-order valence-electron chi connectivity index (χ1n) is 7.67. The lowest BCUT2D eigenvalue weighted by Crippen LogP contribution is -2.46. The van der Waals surface area contributed by atoms with Crippen LogP contribution in [0.1, 0.15) is 33.4 Å². The molecule has 1 atom stereocenters. The van der Waals surface area contributed by atoms with Gasteiger partial charge in [-0.1, -0.05) is 0 Å². The zero-order valence-electron chi connectivity index (χ0n) is 15.2. The van der Waals surface area contributed by atoms with E-state index in [4.69, 9.17) is 4.74 Å². The molecular weight excluding hydrogens is 397 g/mol. The maximum atomic E-state index is 13.5. The maximum absolute atomic E-state index is 13.5. The molecule has 1 aromatic rings. The van der Waals surface area contributed by atoms with Gasteiger partial charge in [-0.25, -0.2) is 9.78 Å². The van der Waals surface area contributed by atoms with E-state index in [0.717, 1.165) is 6.92 Å². The molecule has 0 fully saturated rings. The number of pyridine rings is 1. The standard InChI is InChI=1S/C15H18F5N3O5/c1-12(2,3)28-11(24)13(4,25)7-22-8-5-10(14(16,17)15(18,19)20)21-6-9(8)23(26)27/h5-6,25H,7H2,1-4H3,(H,21,22). The third-order valence-electron chi connectivity index (χ3n) is 3.22. The molecule has 0 aliphatic rings. The summed E-state index contributed by atoms with van der Waals surface area (Å²) in [7, 11) is 0. The zero-order valence-corrected chi connectivity index (χ0v) is 15.2. The van der Waals surface area contributed by atoms with Crippen LogP contribution in [0.15, 0.2) is 12.3 Å². The van der Waals surface area contributed by atoms with E-state index in [-0.39, 0.29) is 12.3 Å². The Morgan fingerprint density at radius 2 is 1.79 bits per heavy atom. The molecule has 2 N–H and O–H groups in total. The van der Waals surface area contributed by atoms with Gasteiger partial charge in [-0.15, -0.1) is 0 Å². The molecule has 0 aliphatic carbocycles. The van der Waals surface area contributed by atoms with Gasteiger partial charge < -0.3 is 15.2 Å². The third kappa shape index (κ3) is 5.47. The fourth-order valence-electron chi connectivity index (χ4n) is 1.78. The molecule has 0 aromatic carbocycles. The van der Waals surface area contributed by atoms with E-state index in [2.05, 4.69) is 10.3 Å². The molecule has 1 unspecified atom stereocenters. The van der Waals surface area contributed by atoms with Crippen molar-refractivity contribution in [3.63, 3.8) is 0 Å². The number of hydrogen-bond donors (Lipinski definition) is 2. The van der Waals surface area contributed by atoms with Gasteiger partial charge in [0.05, 0.1) is 11.5 Å². The number of rotatable bonds is 6. The first-order valence-corrected chi connectivity index (χ1v) is 7.67. The quantitative estimate of drug-likeness (QED) is 0.317. The van der Waals surface area contributed by atoms with Gasteiger partial charge in [-0.2, -0.15) is 22.0 Å². The molecule has 0 radical (unpaired) electrons. The molecule has 0 spiro atoms. The monoisotopic (exact) mass is 415 g/mol. The molecule has 0 saturated carbocycles. The molecule has 158 valence electrons. The van der Waals surface area contributed by atoms with Gasteiger partial charge in [0.15, 0.2) is 5.60 Å². The number of esters is 1. The minimum Gasteiger partial charge on any atom is -0.458 e. The molecular formula is C15H18F5N3O5. The first-order chi connectivity index (χ1) is 12.4. The predicted octanol–water partition coefficient (Wildman–Crippen LogP) is 3.15. The number of nitrogens with zero attached hydrogens (tertiary/aromatic N) is 2. The average Bonchev–Trinajstić information content (AvgIpc) is 2.49. The van der Waals surface area contributed by atoms with Crippen LogP contribution in [0.4, 0.5) is 33.3 Å². The number of aromatic nitrogens is 1. The van der Waals surface area contributed by atoms with Crippen LogP contribution >= 0.6 is 0 Å². The second-order valence-corrected chi connectivity index (χ2v) is 7.05. The van der Waals surface area contributed by atoms with E-state index in [0.29, 0.717) is 0 Å². The molecule has 0 amide bonds. The van der Waals surface area contributed by atoms with E-state index in [9.17, 15) is 42.0 Å². The lowest BCUT2D eigenvalue weighted by molar-refractivity contribution is -0.384. The van der Waals surface area contributed by atoms with E-state index >= 15 is 0 Å². The lowest BCUT2D eigenvalue weighted by atomic mass is 10.1. The summed E-state index contributed by atoms with van der Waals surface area (Å²) in [6.07, 6.45) is -5.76. The number of carbonyl (C=O) groups is 1. The van der Waals surface area contributed by atoms with Gasteiger partial charge in [0.1, 0.15) is 23.2 Å². The Morgan fingerprint density at radius 3 is 2.21 bits per heavy atom. The summed E-state index contributed by atoms with van der Waals surface area (Å²) in [5, 5.41) is 23.3. The first kappa shape index (κ1) is 23.5. The smallest absolute Gasteiger partial charge is 0.458 e. The predicted molar refractivity (Wildman–Crippen MR) is 85.8 cm³/mol. The molecule has 0 aliphatic heterocycles. The van der Waals surface area contributed by atoms with Crippen molar-refractivity contribution >= 4 is 17.3 Å². The Hall–Kier alpha value is -2.57. The Bertz CT molecular complexity index is 759. The van der Waals surface area contributed by atoms with E-state index in [1.54, 1.807) is 0 Å². The van der Waals surface area contributed by atoms with E-state index in [1.807, 2.05) is 0 Å². The van der Waals surface area contributed by atoms with E-state index < -0.39 is 57.8 Å². The van der Waals surface area contributed by atoms with Crippen LogP contribution in [0.3, 0.4) is 0 Å². The van der Waals surface area contributed by atoms with Crippen molar-refractivity contribution in [2.45, 2.75) is 51.0 Å². The van der Waals surface area contributed by atoms with Crippen LogP contribution in [-0.4, -0.2) is 44.9 Å². The second kappa shape index (κ2) is 7.45. The fraction of sp³-hybridized carbons (Fsp3) is 0.600. The van der Waals surface area contributed by atoms with Crippen LogP contribution in [0.25, 0.3) is 0 Å². The number of nitrogens with one attached hydrogen (secondary N) is 1. The highest BCUT2D eigenvalue weighted by Gasteiger charge is 2.60. The van der Waals surface area contributed by atoms with Gasteiger partial charge >= 0.3 is 23.8 Å². The second-order valence-electron chi connectivity index (χ2n) is 7.05. The number of anilines is 1. The highest BCUT2D eigenvalue weighted by Crippen LogP contribution is 2.44. The normalized spacial score (nSPS) is 14.9. The zero-order chi connectivity index (χ0) is 22.1. The van der Waals surface area contributed by atoms with Crippen molar-refractivity contribution in [2.75, 3.05) is 11.9 Å². The number of hydrogen-bond acceptors (Lipinski definition) is 7. The Kier molecular flexibility index (Phi) is 6.24. The maximum Gasteiger partial charge on any atom is 0.459 e. The summed E-state index contributed by atoms with van der Waals surface area (Å²) in [5.74, 6) is -6.50. The molecule has 1 heterocycles. The highest BCUT2D eigenvalue weighted by molar-refractivity contribution is 5.80. The third-order valence-corrected chi connectivity index (χ3v) is 3.22. The van der Waals surface area contributed by atoms with Gasteiger partial charge in [0.2, 0.25) is 0 Å². The van der Waals surface area contributed by atoms with Crippen LogP contribution < -0.4 is 5.32 Å². The molecule has 0 bridgehead atoms. The number of carbonyl (C=O) groups excluding carboxylic acids is 1. The summed E-state index contributed by atoms with van der Waals surface area (Å²) in [6, 6.07) is 0.136. The van der Waals surface area contributed by atoms with Crippen molar-refractivity contribution in [1.29, 1.82) is 0 Å². The van der Waals surface area contributed by atoms with Gasteiger partial charge in [0.25, 0.3) is 0 Å². The van der Waals surface area contributed by atoms with Crippen molar-refractivity contribution in [3.8, 4) is 0 Å². The lowest BCUT2D eigenvalue weighted by Gasteiger charge is -2.28. The summed E-state index contributed by atoms with van der Waals surface area (Å²) >= 11 is 0. The fourth-order valence-corrected chi connectivity index (χ4v) is 1.78. The Labute approximate surface area is 155 Å². The van der Waals surface area contributed by atoms with Crippen LogP contribution in [0.5, 0.6) is 0 Å². The van der Waals surface area contributed by atoms with Crippen LogP contribution in [-0.2, 0) is 15.5 Å². The number of halogens is 5.